The molecule has 254 valence electrons. The monoisotopic (exact) mass is 697 g/mol. The van der Waals surface area contributed by atoms with Crippen molar-refractivity contribution in [2.24, 2.45) is 0 Å². The van der Waals surface area contributed by atoms with Gasteiger partial charge in [0.2, 0.25) is 5.91 Å². The molecule has 3 amide bonds. The highest BCUT2D eigenvalue weighted by atomic mass is 32.2. The van der Waals surface area contributed by atoms with Gasteiger partial charge < -0.3 is 25.4 Å². The van der Waals surface area contributed by atoms with Gasteiger partial charge in [-0.15, -0.1) is 23.1 Å². The Bertz CT molecular complexity index is 1850. The first-order valence-corrected chi connectivity index (χ1v) is 17.8. The highest BCUT2D eigenvalue weighted by Gasteiger charge is 2.28. The molecule has 0 bridgehead atoms. The average Bonchev–Trinajstić information content (AvgIpc) is 3.29. The summed E-state index contributed by atoms with van der Waals surface area (Å²) in [5, 5.41) is 8.75. The van der Waals surface area contributed by atoms with Crippen LogP contribution in [0.25, 0.3) is 6.08 Å². The molecule has 0 fully saturated rings. The summed E-state index contributed by atoms with van der Waals surface area (Å²) in [6, 6.07) is 23.0. The molecule has 1 aromatic heterocycles. The number of thioether (sulfide) groups is 1. The summed E-state index contributed by atoms with van der Waals surface area (Å²) < 4.78 is 10.4. The number of hydrogen-bond acceptors (Lipinski definition) is 8. The fourth-order valence-electron chi connectivity index (χ4n) is 5.51. The maximum Gasteiger partial charge on any atom is 0.341 e. The maximum atomic E-state index is 13.6. The lowest BCUT2D eigenvalue weighted by atomic mass is 10.1. The van der Waals surface area contributed by atoms with Gasteiger partial charge in [-0.1, -0.05) is 49.7 Å². The number of thiophene rings is 1. The van der Waals surface area contributed by atoms with Gasteiger partial charge in [-0.2, -0.15) is 0 Å². The zero-order chi connectivity index (χ0) is 34.8. The Balaban J connectivity index is 1.32. The summed E-state index contributed by atoms with van der Waals surface area (Å²) >= 11 is 2.83. The molecular formula is C38H39N3O6S2. The van der Waals surface area contributed by atoms with Gasteiger partial charge in [-0.3, -0.25) is 14.4 Å². The molecule has 5 rings (SSSR count). The van der Waals surface area contributed by atoms with Crippen LogP contribution in [0.2, 0.25) is 0 Å². The third kappa shape index (κ3) is 9.18. The second-order valence-corrected chi connectivity index (χ2v) is 13.8. The number of amides is 3. The molecule has 49 heavy (non-hydrogen) atoms. The number of benzene rings is 3. The SMILES string of the molecule is CCC(Sc1cccc(NC(=O)/C(=C/c2cccc(OC)c2)NC(=O)c2ccccc2)c1)C(=O)Nc1sc2c(c1C(=O)OC)CCCCC2. The largest absolute Gasteiger partial charge is 0.497 e. The minimum atomic E-state index is -0.521. The number of rotatable bonds is 12. The van der Waals surface area contributed by atoms with Crippen LogP contribution in [0.5, 0.6) is 5.75 Å². The third-order valence-corrected chi connectivity index (χ3v) is 10.6. The summed E-state index contributed by atoms with van der Waals surface area (Å²) in [6.45, 7) is 1.93. The van der Waals surface area contributed by atoms with Gasteiger partial charge in [0.15, 0.2) is 0 Å². The first kappa shape index (κ1) is 35.4. The molecule has 3 N–H and O–H groups in total. The van der Waals surface area contributed by atoms with Crippen LogP contribution in [-0.2, 0) is 27.2 Å². The molecule has 9 nitrogen and oxygen atoms in total. The number of hydrogen-bond donors (Lipinski definition) is 3. The van der Waals surface area contributed by atoms with E-state index >= 15 is 0 Å². The first-order valence-electron chi connectivity index (χ1n) is 16.1. The molecule has 0 saturated carbocycles. The van der Waals surface area contributed by atoms with Gasteiger partial charge in [-0.05, 0) is 91.8 Å². The summed E-state index contributed by atoms with van der Waals surface area (Å²) in [7, 11) is 2.92. The Morgan fingerprint density at radius 3 is 2.43 bits per heavy atom. The normalized spacial score (nSPS) is 13.3. The van der Waals surface area contributed by atoms with Crippen LogP contribution in [-0.4, -0.2) is 43.2 Å². The number of aryl methyl sites for hydroxylation is 1. The maximum absolute atomic E-state index is 13.6. The zero-order valence-corrected chi connectivity index (χ0v) is 29.3. The number of fused-ring (bicyclic) bond motifs is 1. The highest BCUT2D eigenvalue weighted by molar-refractivity contribution is 8.00. The van der Waals surface area contributed by atoms with Gasteiger partial charge in [0.05, 0.1) is 25.0 Å². The van der Waals surface area contributed by atoms with Gasteiger partial charge in [0, 0.05) is 21.0 Å². The molecule has 1 unspecified atom stereocenters. The smallest absolute Gasteiger partial charge is 0.341 e. The molecule has 1 atom stereocenters. The topological polar surface area (TPSA) is 123 Å². The fourth-order valence-corrected chi connectivity index (χ4v) is 7.81. The number of methoxy groups -OCH3 is 2. The molecule has 0 spiro atoms. The molecule has 0 radical (unpaired) electrons. The van der Waals surface area contributed by atoms with E-state index in [1.165, 1.54) is 30.2 Å². The van der Waals surface area contributed by atoms with Crippen molar-refractivity contribution in [3.8, 4) is 5.75 Å². The van der Waals surface area contributed by atoms with E-state index in [4.69, 9.17) is 9.47 Å². The predicted molar refractivity (Wildman–Crippen MR) is 195 cm³/mol. The van der Waals surface area contributed by atoms with Crippen LogP contribution in [0.15, 0.2) is 89.5 Å². The molecule has 1 aliphatic rings. The molecule has 4 aromatic rings. The fraction of sp³-hybridized carbons (Fsp3) is 0.263. The quantitative estimate of drug-likeness (QED) is 0.0599. The van der Waals surface area contributed by atoms with E-state index in [1.807, 2.05) is 19.1 Å². The van der Waals surface area contributed by atoms with Gasteiger partial charge in [0.1, 0.15) is 16.4 Å². The van der Waals surface area contributed by atoms with Crippen molar-refractivity contribution in [2.75, 3.05) is 24.9 Å². The van der Waals surface area contributed by atoms with Crippen molar-refractivity contribution < 1.29 is 28.7 Å². The van der Waals surface area contributed by atoms with Gasteiger partial charge in [-0.25, -0.2) is 4.79 Å². The van der Waals surface area contributed by atoms with Crippen LogP contribution in [0.4, 0.5) is 10.7 Å². The van der Waals surface area contributed by atoms with Crippen molar-refractivity contribution >= 4 is 63.6 Å². The van der Waals surface area contributed by atoms with E-state index in [2.05, 4.69) is 16.0 Å². The van der Waals surface area contributed by atoms with E-state index in [0.717, 1.165) is 47.4 Å². The number of ether oxygens (including phenoxy) is 2. The summed E-state index contributed by atoms with van der Waals surface area (Å²) in [4.78, 5) is 54.9. The summed E-state index contributed by atoms with van der Waals surface area (Å²) in [6.07, 6.45) is 6.96. The van der Waals surface area contributed by atoms with Crippen molar-refractivity contribution in [1.29, 1.82) is 0 Å². The molecule has 0 saturated heterocycles. The van der Waals surface area contributed by atoms with E-state index in [0.29, 0.717) is 39.5 Å². The molecule has 0 aliphatic heterocycles. The van der Waals surface area contributed by atoms with E-state index in [9.17, 15) is 19.2 Å². The Labute approximate surface area is 294 Å². The highest BCUT2D eigenvalue weighted by Crippen LogP contribution is 2.39. The van der Waals surface area contributed by atoms with Crippen molar-refractivity contribution in [1.82, 2.24) is 5.32 Å². The van der Waals surface area contributed by atoms with Crippen LogP contribution >= 0.6 is 23.1 Å². The van der Waals surface area contributed by atoms with E-state index in [-0.39, 0.29) is 11.6 Å². The predicted octanol–water partition coefficient (Wildman–Crippen LogP) is 7.73. The van der Waals surface area contributed by atoms with E-state index < -0.39 is 23.0 Å². The number of carbonyl (C=O) groups excluding carboxylic acids is 4. The van der Waals surface area contributed by atoms with Crippen LogP contribution in [0.3, 0.4) is 0 Å². The Kier molecular flexibility index (Phi) is 12.3. The van der Waals surface area contributed by atoms with Crippen molar-refractivity contribution in [3.05, 3.63) is 112 Å². The number of carbonyl (C=O) groups is 4. The molecule has 1 aliphatic carbocycles. The lowest BCUT2D eigenvalue weighted by Gasteiger charge is -2.16. The third-order valence-electron chi connectivity index (χ3n) is 8.01. The minimum Gasteiger partial charge on any atom is -0.497 e. The number of anilines is 2. The molecular weight excluding hydrogens is 659 g/mol. The molecule has 1 heterocycles. The second kappa shape index (κ2) is 17.0. The molecule has 11 heteroatoms. The minimum absolute atomic E-state index is 0.0433. The Morgan fingerprint density at radius 2 is 1.67 bits per heavy atom. The summed E-state index contributed by atoms with van der Waals surface area (Å²) in [5.74, 6) is -0.984. The lowest BCUT2D eigenvalue weighted by Crippen LogP contribution is -2.30. The standard InChI is InChI=1S/C38H39N3O6S2/c1-4-31(36(44)41-37-33(38(45)47-3)29-19-9-6-10-20-32(29)49-37)48-28-18-12-16-26(23-28)39-35(43)30(22-24-13-11-17-27(21-24)46-2)40-34(42)25-14-7-5-8-15-25/h5,7-8,11-18,21-23,31H,4,6,9-10,19-20H2,1-3H3,(H,39,43)(H,40,42)(H,41,44)/b30-22-. The van der Waals surface area contributed by atoms with Crippen LogP contribution < -0.4 is 20.7 Å². The summed E-state index contributed by atoms with van der Waals surface area (Å²) in [5.41, 5.74) is 3.07. The first-order chi connectivity index (χ1) is 23.8. The number of nitrogens with one attached hydrogen (secondary N) is 3. The van der Waals surface area contributed by atoms with Gasteiger partial charge in [0.25, 0.3) is 11.8 Å². The number of esters is 1. The molecule has 3 aromatic carbocycles. The lowest BCUT2D eigenvalue weighted by molar-refractivity contribution is -0.116. The van der Waals surface area contributed by atoms with E-state index in [1.54, 1.807) is 79.9 Å². The second-order valence-electron chi connectivity index (χ2n) is 11.4. The Morgan fingerprint density at radius 1 is 0.898 bits per heavy atom. The Hall–Kier alpha value is -4.87. The van der Waals surface area contributed by atoms with Crippen LogP contribution in [0.1, 0.15) is 69.3 Å². The zero-order valence-electron chi connectivity index (χ0n) is 27.7. The van der Waals surface area contributed by atoms with Gasteiger partial charge >= 0.3 is 5.97 Å². The van der Waals surface area contributed by atoms with Crippen LogP contribution in [0, 0.1) is 0 Å². The van der Waals surface area contributed by atoms with Crippen molar-refractivity contribution in [3.63, 3.8) is 0 Å². The van der Waals surface area contributed by atoms with Crippen molar-refractivity contribution in [2.45, 2.75) is 55.6 Å². The average molecular weight is 698 g/mol.